The summed E-state index contributed by atoms with van der Waals surface area (Å²) in [5.41, 5.74) is 3.27. The number of hydrogen-bond acceptors (Lipinski definition) is 2. The van der Waals surface area contributed by atoms with E-state index in [4.69, 9.17) is 0 Å². The van der Waals surface area contributed by atoms with Crippen LogP contribution in [0.2, 0.25) is 0 Å². The molecule has 1 aromatic carbocycles. The number of anilines is 1. The molecule has 0 radical (unpaired) electrons. The first kappa shape index (κ1) is 12.8. The molecule has 1 saturated carbocycles. The fourth-order valence-electron chi connectivity index (χ4n) is 2.75. The molecule has 1 fully saturated rings. The SMILES string of the molecule is FC(F)(F)CN(Cc1cccc2c1NCC2)C1CC1. The van der Waals surface area contributed by atoms with Crippen molar-refractivity contribution in [2.45, 2.75) is 38.0 Å². The van der Waals surface area contributed by atoms with Gasteiger partial charge in [-0.05, 0) is 30.4 Å². The Hall–Kier alpha value is -1.23. The lowest BCUT2D eigenvalue weighted by atomic mass is 10.1. The van der Waals surface area contributed by atoms with E-state index in [1.54, 1.807) is 4.90 Å². The van der Waals surface area contributed by atoms with Crippen molar-refractivity contribution in [3.8, 4) is 0 Å². The van der Waals surface area contributed by atoms with E-state index in [1.807, 2.05) is 18.2 Å². The third-order valence-corrected chi connectivity index (χ3v) is 3.75. The Labute approximate surface area is 110 Å². The number of halogens is 3. The van der Waals surface area contributed by atoms with Gasteiger partial charge in [0.15, 0.2) is 0 Å². The number of benzene rings is 1. The van der Waals surface area contributed by atoms with Gasteiger partial charge in [-0.15, -0.1) is 0 Å². The van der Waals surface area contributed by atoms with Crippen molar-refractivity contribution >= 4 is 5.69 Å². The van der Waals surface area contributed by atoms with Gasteiger partial charge in [-0.3, -0.25) is 4.90 Å². The number of nitrogens with one attached hydrogen (secondary N) is 1. The zero-order valence-corrected chi connectivity index (χ0v) is 10.6. The van der Waals surface area contributed by atoms with E-state index in [0.717, 1.165) is 37.1 Å². The molecule has 0 atom stereocenters. The van der Waals surface area contributed by atoms with Crippen LogP contribution in [-0.4, -0.2) is 30.2 Å². The third kappa shape index (κ3) is 3.03. The van der Waals surface area contributed by atoms with Crippen LogP contribution >= 0.6 is 0 Å². The monoisotopic (exact) mass is 270 g/mol. The summed E-state index contributed by atoms with van der Waals surface area (Å²) in [6.45, 7) is 0.469. The topological polar surface area (TPSA) is 15.3 Å². The van der Waals surface area contributed by atoms with Gasteiger partial charge in [0.2, 0.25) is 0 Å². The standard InChI is InChI=1S/C14H17F3N2/c15-14(16,17)9-19(12-4-5-12)8-11-3-1-2-10-6-7-18-13(10)11/h1-3,12,18H,4-9H2. The lowest BCUT2D eigenvalue weighted by Gasteiger charge is -2.24. The summed E-state index contributed by atoms with van der Waals surface area (Å²) in [5, 5.41) is 3.29. The van der Waals surface area contributed by atoms with Crippen LogP contribution in [-0.2, 0) is 13.0 Å². The van der Waals surface area contributed by atoms with E-state index in [1.165, 1.54) is 5.56 Å². The molecule has 1 aromatic rings. The van der Waals surface area contributed by atoms with E-state index in [-0.39, 0.29) is 6.04 Å². The number of hydrogen-bond donors (Lipinski definition) is 1. The predicted molar refractivity (Wildman–Crippen MR) is 68.1 cm³/mol. The molecular formula is C14H17F3N2. The van der Waals surface area contributed by atoms with Crippen LogP contribution in [0.25, 0.3) is 0 Å². The van der Waals surface area contributed by atoms with Crippen LogP contribution in [0.15, 0.2) is 18.2 Å². The summed E-state index contributed by atoms with van der Waals surface area (Å²) < 4.78 is 37.8. The van der Waals surface area contributed by atoms with Gasteiger partial charge < -0.3 is 5.32 Å². The van der Waals surface area contributed by atoms with Crippen LogP contribution in [0.5, 0.6) is 0 Å². The van der Waals surface area contributed by atoms with Crippen molar-refractivity contribution in [1.29, 1.82) is 0 Å². The molecule has 2 nitrogen and oxygen atoms in total. The molecule has 1 N–H and O–H groups in total. The van der Waals surface area contributed by atoms with Crippen molar-refractivity contribution < 1.29 is 13.2 Å². The van der Waals surface area contributed by atoms with Gasteiger partial charge in [0, 0.05) is 24.8 Å². The molecule has 0 spiro atoms. The average Bonchev–Trinajstić information content (AvgIpc) is 3.05. The first-order valence-electron chi connectivity index (χ1n) is 6.68. The largest absolute Gasteiger partial charge is 0.401 e. The fraction of sp³-hybridized carbons (Fsp3) is 0.571. The number of para-hydroxylation sites is 1. The highest BCUT2D eigenvalue weighted by Gasteiger charge is 2.38. The molecule has 0 saturated heterocycles. The van der Waals surface area contributed by atoms with E-state index < -0.39 is 12.7 Å². The van der Waals surface area contributed by atoms with Gasteiger partial charge >= 0.3 is 6.18 Å². The van der Waals surface area contributed by atoms with Crippen LogP contribution in [0.1, 0.15) is 24.0 Å². The quantitative estimate of drug-likeness (QED) is 0.904. The summed E-state index contributed by atoms with van der Waals surface area (Å²) in [5.74, 6) is 0. The van der Waals surface area contributed by atoms with Gasteiger partial charge in [-0.25, -0.2) is 0 Å². The van der Waals surface area contributed by atoms with E-state index >= 15 is 0 Å². The lowest BCUT2D eigenvalue weighted by molar-refractivity contribution is -0.148. The highest BCUT2D eigenvalue weighted by molar-refractivity contribution is 5.61. The molecule has 3 rings (SSSR count). The first-order valence-corrected chi connectivity index (χ1v) is 6.68. The summed E-state index contributed by atoms with van der Waals surface area (Å²) in [6.07, 6.45) is -1.38. The molecule has 1 aliphatic carbocycles. The maximum Gasteiger partial charge on any atom is 0.401 e. The van der Waals surface area contributed by atoms with Crippen molar-refractivity contribution in [3.05, 3.63) is 29.3 Å². The summed E-state index contributed by atoms with van der Waals surface area (Å²) >= 11 is 0. The minimum atomic E-state index is -4.12. The minimum Gasteiger partial charge on any atom is -0.384 e. The Morgan fingerprint density at radius 1 is 1.26 bits per heavy atom. The third-order valence-electron chi connectivity index (χ3n) is 3.75. The molecule has 1 aliphatic heterocycles. The molecule has 19 heavy (non-hydrogen) atoms. The van der Waals surface area contributed by atoms with Crippen LogP contribution in [0.3, 0.4) is 0 Å². The van der Waals surface area contributed by atoms with Gasteiger partial charge in [-0.2, -0.15) is 13.2 Å². The fourth-order valence-corrected chi connectivity index (χ4v) is 2.75. The number of rotatable bonds is 4. The highest BCUT2D eigenvalue weighted by atomic mass is 19.4. The Kier molecular flexibility index (Phi) is 3.17. The molecular weight excluding hydrogens is 253 g/mol. The zero-order valence-electron chi connectivity index (χ0n) is 10.6. The summed E-state index contributed by atoms with van der Waals surface area (Å²) in [7, 11) is 0. The highest BCUT2D eigenvalue weighted by Crippen LogP contribution is 2.34. The second-order valence-electron chi connectivity index (χ2n) is 5.38. The number of nitrogens with zero attached hydrogens (tertiary/aromatic N) is 1. The van der Waals surface area contributed by atoms with Gasteiger partial charge in [0.05, 0.1) is 6.54 Å². The Morgan fingerprint density at radius 3 is 2.74 bits per heavy atom. The second kappa shape index (κ2) is 4.71. The molecule has 5 heteroatoms. The van der Waals surface area contributed by atoms with Crippen LogP contribution in [0, 0.1) is 0 Å². The van der Waals surface area contributed by atoms with E-state index in [0.29, 0.717) is 6.54 Å². The van der Waals surface area contributed by atoms with Crippen molar-refractivity contribution in [3.63, 3.8) is 0 Å². The maximum absolute atomic E-state index is 12.6. The molecule has 0 amide bonds. The predicted octanol–water partition coefficient (Wildman–Crippen LogP) is 3.18. The van der Waals surface area contributed by atoms with Gasteiger partial charge in [0.25, 0.3) is 0 Å². The van der Waals surface area contributed by atoms with E-state index in [9.17, 15) is 13.2 Å². The molecule has 0 aromatic heterocycles. The van der Waals surface area contributed by atoms with Gasteiger partial charge in [-0.1, -0.05) is 18.2 Å². The van der Waals surface area contributed by atoms with Gasteiger partial charge in [0.1, 0.15) is 0 Å². The minimum absolute atomic E-state index is 0.110. The molecule has 0 unspecified atom stereocenters. The molecule has 0 bridgehead atoms. The van der Waals surface area contributed by atoms with Crippen LogP contribution < -0.4 is 5.32 Å². The Bertz CT molecular complexity index is 466. The molecule has 1 heterocycles. The smallest absolute Gasteiger partial charge is 0.384 e. The zero-order chi connectivity index (χ0) is 13.5. The number of fused-ring (bicyclic) bond motifs is 1. The first-order chi connectivity index (χ1) is 9.03. The van der Waals surface area contributed by atoms with Crippen LogP contribution in [0.4, 0.5) is 18.9 Å². The van der Waals surface area contributed by atoms with E-state index in [2.05, 4.69) is 5.32 Å². The maximum atomic E-state index is 12.6. The second-order valence-corrected chi connectivity index (χ2v) is 5.38. The Balaban J connectivity index is 1.77. The summed E-state index contributed by atoms with van der Waals surface area (Å²) in [6, 6.07) is 6.03. The number of alkyl halides is 3. The van der Waals surface area contributed by atoms with Crippen molar-refractivity contribution in [2.75, 3.05) is 18.4 Å². The Morgan fingerprint density at radius 2 is 2.05 bits per heavy atom. The lowest BCUT2D eigenvalue weighted by Crippen LogP contribution is -2.35. The van der Waals surface area contributed by atoms with Crippen molar-refractivity contribution in [2.24, 2.45) is 0 Å². The van der Waals surface area contributed by atoms with Crippen molar-refractivity contribution in [1.82, 2.24) is 4.90 Å². The summed E-state index contributed by atoms with van der Waals surface area (Å²) in [4.78, 5) is 1.57. The normalized spacial score (nSPS) is 18.5. The molecule has 104 valence electrons. The molecule has 2 aliphatic rings. The average molecular weight is 270 g/mol.